The summed E-state index contributed by atoms with van der Waals surface area (Å²) in [6.07, 6.45) is 0. The molecule has 10 rings (SSSR count). The first-order chi connectivity index (χ1) is 23.1. The summed E-state index contributed by atoms with van der Waals surface area (Å²) >= 11 is 0. The third-order valence-corrected chi connectivity index (χ3v) is 10.4. The van der Waals surface area contributed by atoms with E-state index in [-0.39, 0.29) is 5.41 Å². The van der Waals surface area contributed by atoms with E-state index in [1.165, 1.54) is 66.4 Å². The van der Waals surface area contributed by atoms with Crippen LogP contribution < -0.4 is 0 Å². The zero-order valence-corrected chi connectivity index (χ0v) is 26.3. The van der Waals surface area contributed by atoms with E-state index >= 15 is 0 Å². The van der Waals surface area contributed by atoms with Gasteiger partial charge in [-0.25, -0.2) is 0 Å². The van der Waals surface area contributed by atoms with Gasteiger partial charge in [0.15, 0.2) is 0 Å². The Morgan fingerprint density at radius 1 is 0.468 bits per heavy atom. The van der Waals surface area contributed by atoms with Crippen molar-refractivity contribution in [2.24, 2.45) is 0 Å². The minimum absolute atomic E-state index is 0.0788. The number of furan rings is 1. The highest BCUT2D eigenvalue weighted by atomic mass is 16.3. The molecule has 0 atom stereocenters. The van der Waals surface area contributed by atoms with Gasteiger partial charge in [0.2, 0.25) is 0 Å². The monoisotopic (exact) mass is 601 g/mol. The molecular formula is C45H31NO. The first kappa shape index (κ1) is 26.4. The fraction of sp³-hybridized carbons (Fsp3) is 0.0667. The lowest BCUT2D eigenvalue weighted by molar-refractivity contribution is 0.660. The molecule has 47 heavy (non-hydrogen) atoms. The Bertz CT molecular complexity index is 2700. The van der Waals surface area contributed by atoms with Crippen LogP contribution in [0.25, 0.3) is 82.8 Å². The topological polar surface area (TPSA) is 18.1 Å². The highest BCUT2D eigenvalue weighted by Gasteiger charge is 2.37. The van der Waals surface area contributed by atoms with Gasteiger partial charge in [-0.2, -0.15) is 0 Å². The number of fused-ring (bicyclic) bond motifs is 9. The van der Waals surface area contributed by atoms with E-state index in [9.17, 15) is 0 Å². The van der Waals surface area contributed by atoms with E-state index < -0.39 is 0 Å². The van der Waals surface area contributed by atoms with Crippen molar-refractivity contribution in [2.45, 2.75) is 19.3 Å². The molecule has 2 heterocycles. The zero-order valence-electron chi connectivity index (χ0n) is 26.3. The van der Waals surface area contributed by atoms with Gasteiger partial charge in [0.1, 0.15) is 11.2 Å². The molecule has 0 radical (unpaired) electrons. The number of aromatic nitrogens is 1. The van der Waals surface area contributed by atoms with E-state index in [2.05, 4.69) is 170 Å². The van der Waals surface area contributed by atoms with Crippen LogP contribution in [0.4, 0.5) is 0 Å². The second kappa shape index (κ2) is 9.57. The van der Waals surface area contributed by atoms with Crippen LogP contribution in [0.5, 0.6) is 0 Å². The number of hydrogen-bond donors (Lipinski definition) is 0. The fourth-order valence-electron chi connectivity index (χ4n) is 8.18. The van der Waals surface area contributed by atoms with Crippen molar-refractivity contribution in [1.29, 1.82) is 0 Å². The van der Waals surface area contributed by atoms with Crippen LogP contribution in [0.1, 0.15) is 25.0 Å². The number of nitrogens with zero attached hydrogens (tertiary/aromatic N) is 1. The number of para-hydroxylation sites is 3. The highest BCUT2D eigenvalue weighted by Crippen LogP contribution is 2.53. The number of hydrogen-bond acceptors (Lipinski definition) is 1. The SMILES string of the molecule is CC1(C)c2ccccc2-c2c(-c3cc(-c4ccc5c(c4)c4ccccc4n5-c4ccccc4)cc4c3oc3ccccc34)cccc21. The average Bonchev–Trinajstić information content (AvgIpc) is 3.74. The second-order valence-corrected chi connectivity index (χ2v) is 13.3. The molecule has 9 aromatic rings. The first-order valence-electron chi connectivity index (χ1n) is 16.4. The quantitative estimate of drug-likeness (QED) is 0.197. The molecule has 7 aromatic carbocycles. The van der Waals surface area contributed by atoms with E-state index in [0.29, 0.717) is 0 Å². The predicted molar refractivity (Wildman–Crippen MR) is 196 cm³/mol. The van der Waals surface area contributed by atoms with E-state index in [1.807, 2.05) is 0 Å². The van der Waals surface area contributed by atoms with Crippen molar-refractivity contribution in [3.63, 3.8) is 0 Å². The lowest BCUT2D eigenvalue weighted by Crippen LogP contribution is -2.14. The smallest absolute Gasteiger partial charge is 0.143 e. The summed E-state index contributed by atoms with van der Waals surface area (Å²) < 4.78 is 9.08. The summed E-state index contributed by atoms with van der Waals surface area (Å²) in [4.78, 5) is 0. The van der Waals surface area contributed by atoms with E-state index in [4.69, 9.17) is 4.42 Å². The minimum Gasteiger partial charge on any atom is -0.455 e. The number of rotatable bonds is 3. The molecule has 1 aliphatic rings. The Labute approximate surface area is 273 Å². The average molecular weight is 602 g/mol. The van der Waals surface area contributed by atoms with E-state index in [1.54, 1.807) is 0 Å². The van der Waals surface area contributed by atoms with Gasteiger partial charge in [-0.3, -0.25) is 0 Å². The minimum atomic E-state index is -0.0788. The Morgan fingerprint density at radius 2 is 1.15 bits per heavy atom. The normalized spacial score (nSPS) is 13.5. The number of benzene rings is 7. The molecule has 222 valence electrons. The van der Waals surface area contributed by atoms with Gasteiger partial charge in [0.25, 0.3) is 0 Å². The summed E-state index contributed by atoms with van der Waals surface area (Å²) in [5.41, 5.74) is 15.4. The molecule has 2 nitrogen and oxygen atoms in total. The molecule has 0 bridgehead atoms. The van der Waals surface area contributed by atoms with Gasteiger partial charge in [-0.15, -0.1) is 0 Å². The molecule has 0 saturated heterocycles. The molecule has 0 saturated carbocycles. The molecule has 2 heteroatoms. The third kappa shape index (κ3) is 3.67. The molecule has 0 fully saturated rings. The second-order valence-electron chi connectivity index (χ2n) is 13.3. The van der Waals surface area contributed by atoms with Gasteiger partial charge in [-0.05, 0) is 87.5 Å². The molecular weight excluding hydrogens is 571 g/mol. The van der Waals surface area contributed by atoms with Crippen molar-refractivity contribution in [3.05, 3.63) is 163 Å². The summed E-state index contributed by atoms with van der Waals surface area (Å²) in [5, 5.41) is 4.78. The van der Waals surface area contributed by atoms with Crippen LogP contribution in [0.15, 0.2) is 156 Å². The lowest BCUT2D eigenvalue weighted by atomic mass is 9.82. The maximum Gasteiger partial charge on any atom is 0.143 e. The maximum absolute atomic E-state index is 6.71. The Kier molecular flexibility index (Phi) is 5.37. The van der Waals surface area contributed by atoms with Gasteiger partial charge in [-0.1, -0.05) is 117 Å². The summed E-state index contributed by atoms with van der Waals surface area (Å²) in [6, 6.07) is 55.1. The molecule has 0 N–H and O–H groups in total. The summed E-state index contributed by atoms with van der Waals surface area (Å²) in [7, 11) is 0. The van der Waals surface area contributed by atoms with Crippen LogP contribution >= 0.6 is 0 Å². The van der Waals surface area contributed by atoms with Gasteiger partial charge in [0.05, 0.1) is 11.0 Å². The largest absolute Gasteiger partial charge is 0.455 e. The van der Waals surface area contributed by atoms with Gasteiger partial charge < -0.3 is 8.98 Å². The van der Waals surface area contributed by atoms with Gasteiger partial charge >= 0.3 is 0 Å². The Balaban J connectivity index is 1.27. The van der Waals surface area contributed by atoms with Crippen molar-refractivity contribution >= 4 is 43.7 Å². The van der Waals surface area contributed by atoms with Crippen molar-refractivity contribution in [1.82, 2.24) is 4.57 Å². The lowest BCUT2D eigenvalue weighted by Gasteiger charge is -2.21. The fourth-order valence-corrected chi connectivity index (χ4v) is 8.18. The summed E-state index contributed by atoms with van der Waals surface area (Å²) in [5.74, 6) is 0. The molecule has 1 aliphatic carbocycles. The van der Waals surface area contributed by atoms with Crippen molar-refractivity contribution in [2.75, 3.05) is 0 Å². The Hall–Kier alpha value is -5.86. The first-order valence-corrected chi connectivity index (χ1v) is 16.4. The van der Waals surface area contributed by atoms with Crippen LogP contribution in [-0.4, -0.2) is 4.57 Å². The zero-order chi connectivity index (χ0) is 31.3. The van der Waals surface area contributed by atoms with Gasteiger partial charge in [0, 0.05) is 38.2 Å². The van der Waals surface area contributed by atoms with Crippen LogP contribution in [0, 0.1) is 0 Å². The standard InChI is InChI=1S/C45H31NO/c1-45(2)38-19-9-6-17-34(38)43-33(18-12-20-39(43)45)37-27-29(26-36-32-16-8-11-22-42(32)47-44(36)37)28-23-24-41-35(25-28)31-15-7-10-21-40(31)46(41)30-13-4-3-5-14-30/h3-27H,1-2H3. The molecule has 2 aromatic heterocycles. The molecule has 0 spiro atoms. The van der Waals surface area contributed by atoms with E-state index in [0.717, 1.165) is 27.5 Å². The van der Waals surface area contributed by atoms with Crippen molar-refractivity contribution < 1.29 is 4.42 Å². The maximum atomic E-state index is 6.71. The van der Waals surface area contributed by atoms with Crippen molar-refractivity contribution in [3.8, 4) is 39.1 Å². The third-order valence-electron chi connectivity index (χ3n) is 10.4. The van der Waals surface area contributed by atoms with Crippen LogP contribution in [-0.2, 0) is 5.41 Å². The molecule has 0 aliphatic heterocycles. The molecule has 0 amide bonds. The van der Waals surface area contributed by atoms with Crippen LogP contribution in [0.2, 0.25) is 0 Å². The summed E-state index contributed by atoms with van der Waals surface area (Å²) in [6.45, 7) is 4.69. The predicted octanol–water partition coefficient (Wildman–Crippen LogP) is 12.3. The van der Waals surface area contributed by atoms with Crippen LogP contribution in [0.3, 0.4) is 0 Å². The Morgan fingerprint density at radius 3 is 2.04 bits per heavy atom. The molecule has 0 unspecified atom stereocenters. The highest BCUT2D eigenvalue weighted by molar-refractivity contribution is 6.14.